The molecule has 0 spiro atoms. The number of nitrogens with one attached hydrogen (secondary N) is 1. The van der Waals surface area contributed by atoms with E-state index in [0.717, 1.165) is 42.3 Å². The van der Waals surface area contributed by atoms with E-state index in [2.05, 4.69) is 22.3 Å². The van der Waals surface area contributed by atoms with Crippen LogP contribution in [0.5, 0.6) is 5.75 Å². The number of imidazole rings is 1. The van der Waals surface area contributed by atoms with Gasteiger partial charge < -0.3 is 19.5 Å². The molecule has 1 aromatic heterocycles. The molecule has 3 aromatic carbocycles. The average molecular weight is 511 g/mol. The normalized spacial score (nSPS) is 13.8. The maximum absolute atomic E-state index is 13.9. The van der Waals surface area contributed by atoms with E-state index < -0.39 is 0 Å². The van der Waals surface area contributed by atoms with Gasteiger partial charge in [0.2, 0.25) is 5.91 Å². The number of hydrogen-bond acceptors (Lipinski definition) is 4. The Kier molecular flexibility index (Phi) is 8.02. The van der Waals surface area contributed by atoms with Crippen LogP contribution in [0, 0.1) is 0 Å². The molecule has 4 aromatic rings. The number of carbonyl (C=O) groups is 2. The molecule has 0 aliphatic heterocycles. The molecule has 0 saturated heterocycles. The average Bonchev–Trinajstić information content (AvgIpc) is 3.32. The van der Waals surface area contributed by atoms with E-state index in [1.807, 2.05) is 47.0 Å². The van der Waals surface area contributed by atoms with Crippen LogP contribution in [0.4, 0.5) is 0 Å². The smallest absolute Gasteiger partial charge is 0.251 e. The number of nitrogens with zero attached hydrogens (tertiary/aromatic N) is 3. The molecule has 7 nitrogen and oxygen atoms in total. The highest BCUT2D eigenvalue weighted by Gasteiger charge is 2.27. The van der Waals surface area contributed by atoms with Crippen molar-refractivity contribution in [3.63, 3.8) is 0 Å². The number of ether oxygens (including phenoxy) is 1. The van der Waals surface area contributed by atoms with Crippen molar-refractivity contribution in [1.29, 1.82) is 0 Å². The summed E-state index contributed by atoms with van der Waals surface area (Å²) >= 11 is 0. The molecule has 5 rings (SSSR count). The number of amides is 2. The van der Waals surface area contributed by atoms with Crippen molar-refractivity contribution in [2.45, 2.75) is 57.8 Å². The Morgan fingerprint density at radius 2 is 1.66 bits per heavy atom. The summed E-state index contributed by atoms with van der Waals surface area (Å²) in [6.45, 7) is 0.993. The first kappa shape index (κ1) is 25.5. The van der Waals surface area contributed by atoms with Crippen molar-refractivity contribution < 1.29 is 14.3 Å². The SMILES string of the molecule is COc1ccc(C(=O)NCc2nc3ccccc3n2CC(=O)N(Cc2ccccc2)C2CCCCC2)cc1. The molecule has 0 unspecified atom stereocenters. The number of aromatic nitrogens is 2. The lowest BCUT2D eigenvalue weighted by Crippen LogP contribution is -2.42. The Morgan fingerprint density at radius 1 is 0.947 bits per heavy atom. The first-order chi connectivity index (χ1) is 18.6. The largest absolute Gasteiger partial charge is 0.497 e. The maximum Gasteiger partial charge on any atom is 0.251 e. The molecule has 0 bridgehead atoms. The second kappa shape index (κ2) is 11.9. The first-order valence-electron chi connectivity index (χ1n) is 13.3. The zero-order valence-electron chi connectivity index (χ0n) is 21.8. The highest BCUT2D eigenvalue weighted by Crippen LogP contribution is 2.25. The van der Waals surface area contributed by atoms with Crippen LogP contribution in [0.25, 0.3) is 11.0 Å². The van der Waals surface area contributed by atoms with Crippen LogP contribution in [0.3, 0.4) is 0 Å². The van der Waals surface area contributed by atoms with E-state index in [9.17, 15) is 9.59 Å². The third-order valence-electron chi connectivity index (χ3n) is 7.32. The zero-order chi connectivity index (χ0) is 26.3. The fourth-order valence-electron chi connectivity index (χ4n) is 5.26. The second-order valence-corrected chi connectivity index (χ2v) is 9.81. The Morgan fingerprint density at radius 3 is 2.39 bits per heavy atom. The lowest BCUT2D eigenvalue weighted by Gasteiger charge is -2.35. The Hall–Kier alpha value is -4.13. The van der Waals surface area contributed by atoms with Gasteiger partial charge in [-0.3, -0.25) is 9.59 Å². The van der Waals surface area contributed by atoms with Crippen molar-refractivity contribution in [3.05, 3.63) is 95.8 Å². The number of methoxy groups -OCH3 is 1. The minimum Gasteiger partial charge on any atom is -0.497 e. The van der Waals surface area contributed by atoms with Gasteiger partial charge in [-0.1, -0.05) is 61.7 Å². The predicted molar refractivity (Wildman–Crippen MR) is 148 cm³/mol. The van der Waals surface area contributed by atoms with Crippen LogP contribution in [-0.4, -0.2) is 39.4 Å². The van der Waals surface area contributed by atoms with Gasteiger partial charge >= 0.3 is 0 Å². The lowest BCUT2D eigenvalue weighted by molar-refractivity contribution is -0.135. The van der Waals surface area contributed by atoms with Gasteiger partial charge in [0.15, 0.2) is 0 Å². The van der Waals surface area contributed by atoms with Crippen LogP contribution in [-0.2, 0) is 24.4 Å². The Balaban J connectivity index is 1.37. The molecule has 1 fully saturated rings. The topological polar surface area (TPSA) is 76.5 Å². The predicted octanol–water partition coefficient (Wildman–Crippen LogP) is 5.34. The van der Waals surface area contributed by atoms with Crippen molar-refractivity contribution in [2.24, 2.45) is 0 Å². The summed E-state index contributed by atoms with van der Waals surface area (Å²) in [5.74, 6) is 1.22. The first-order valence-corrected chi connectivity index (χ1v) is 13.3. The molecule has 1 heterocycles. The van der Waals surface area contributed by atoms with Gasteiger partial charge in [-0.25, -0.2) is 4.98 Å². The van der Waals surface area contributed by atoms with E-state index >= 15 is 0 Å². The fourth-order valence-corrected chi connectivity index (χ4v) is 5.26. The minimum absolute atomic E-state index is 0.0756. The van der Waals surface area contributed by atoms with Crippen LogP contribution >= 0.6 is 0 Å². The van der Waals surface area contributed by atoms with Crippen molar-refractivity contribution in [2.75, 3.05) is 7.11 Å². The molecule has 1 aliphatic carbocycles. The summed E-state index contributed by atoms with van der Waals surface area (Å²) in [7, 11) is 1.59. The molecule has 1 N–H and O–H groups in total. The highest BCUT2D eigenvalue weighted by atomic mass is 16.5. The summed E-state index contributed by atoms with van der Waals surface area (Å²) in [6.07, 6.45) is 5.61. The number of fused-ring (bicyclic) bond motifs is 1. The second-order valence-electron chi connectivity index (χ2n) is 9.81. The van der Waals surface area contributed by atoms with Gasteiger partial charge in [-0.2, -0.15) is 0 Å². The minimum atomic E-state index is -0.203. The third-order valence-corrected chi connectivity index (χ3v) is 7.32. The zero-order valence-corrected chi connectivity index (χ0v) is 21.8. The summed E-state index contributed by atoms with van der Waals surface area (Å²) < 4.78 is 7.14. The molecule has 1 aliphatic rings. The van der Waals surface area contributed by atoms with Gasteiger partial charge in [0.05, 0.1) is 24.7 Å². The van der Waals surface area contributed by atoms with Crippen LogP contribution in [0.15, 0.2) is 78.9 Å². The van der Waals surface area contributed by atoms with Gasteiger partial charge in [-0.05, 0) is 54.8 Å². The van der Waals surface area contributed by atoms with E-state index in [1.165, 1.54) is 6.42 Å². The molecule has 0 atom stereocenters. The molecule has 38 heavy (non-hydrogen) atoms. The van der Waals surface area contributed by atoms with Gasteiger partial charge in [0.25, 0.3) is 5.91 Å². The number of para-hydroxylation sites is 2. The van der Waals surface area contributed by atoms with Gasteiger partial charge in [-0.15, -0.1) is 0 Å². The Labute approximate surface area is 223 Å². The number of benzene rings is 3. The van der Waals surface area contributed by atoms with Crippen LogP contribution in [0.1, 0.15) is 53.8 Å². The monoisotopic (exact) mass is 510 g/mol. The van der Waals surface area contributed by atoms with Crippen LogP contribution < -0.4 is 10.1 Å². The Bertz CT molecular complexity index is 1380. The highest BCUT2D eigenvalue weighted by molar-refractivity contribution is 5.94. The van der Waals surface area contributed by atoms with E-state index in [1.54, 1.807) is 31.4 Å². The number of carbonyl (C=O) groups excluding carboxylic acids is 2. The summed E-state index contributed by atoms with van der Waals surface area (Å²) in [5.41, 5.74) is 3.36. The summed E-state index contributed by atoms with van der Waals surface area (Å²) in [4.78, 5) is 33.6. The quantitative estimate of drug-likeness (QED) is 0.330. The molecule has 7 heteroatoms. The van der Waals surface area contributed by atoms with E-state index in [-0.39, 0.29) is 30.9 Å². The number of rotatable bonds is 9. The summed E-state index contributed by atoms with van der Waals surface area (Å²) in [5, 5.41) is 2.97. The maximum atomic E-state index is 13.9. The molecule has 1 saturated carbocycles. The molecule has 2 amide bonds. The summed E-state index contributed by atoms with van der Waals surface area (Å²) in [6, 6.07) is 25.2. The van der Waals surface area contributed by atoms with Crippen molar-refractivity contribution in [3.8, 4) is 5.75 Å². The van der Waals surface area contributed by atoms with E-state index in [0.29, 0.717) is 23.7 Å². The van der Waals surface area contributed by atoms with Crippen molar-refractivity contribution >= 4 is 22.8 Å². The van der Waals surface area contributed by atoms with Crippen LogP contribution in [0.2, 0.25) is 0 Å². The third kappa shape index (κ3) is 5.88. The fraction of sp³-hybridized carbons (Fsp3) is 0.323. The molecular formula is C31H34N4O3. The molecular weight excluding hydrogens is 476 g/mol. The van der Waals surface area contributed by atoms with Gasteiger partial charge in [0.1, 0.15) is 18.1 Å². The molecule has 0 radical (unpaired) electrons. The standard InChI is InChI=1S/C31H34N4O3/c1-38-26-18-16-24(17-19-26)31(37)32-20-29-33-27-14-8-9-15-28(27)35(29)22-30(36)34(25-12-6-3-7-13-25)21-23-10-4-2-5-11-23/h2,4-5,8-11,14-19,25H,3,6-7,12-13,20-22H2,1H3,(H,32,37). The van der Waals surface area contributed by atoms with E-state index in [4.69, 9.17) is 9.72 Å². The number of hydrogen-bond donors (Lipinski definition) is 1. The van der Waals surface area contributed by atoms with Crippen molar-refractivity contribution in [1.82, 2.24) is 19.8 Å². The lowest BCUT2D eigenvalue weighted by atomic mass is 9.93. The molecule has 196 valence electrons. The van der Waals surface area contributed by atoms with Gasteiger partial charge in [0, 0.05) is 18.2 Å².